The molecule has 0 aliphatic carbocycles. The lowest BCUT2D eigenvalue weighted by atomic mass is 10.0. The molecule has 0 aromatic rings. The van der Waals surface area contributed by atoms with Crippen molar-refractivity contribution in [1.82, 2.24) is 20.0 Å². The molecule has 0 spiro atoms. The predicted molar refractivity (Wildman–Crippen MR) is 86.4 cm³/mol. The molecule has 1 aliphatic rings. The molecule has 2 N–H and O–H groups in total. The van der Waals surface area contributed by atoms with Gasteiger partial charge in [-0.15, -0.1) is 0 Å². The van der Waals surface area contributed by atoms with Crippen LogP contribution in [-0.4, -0.2) is 88.3 Å². The smallest absolute Gasteiger partial charge is 0.328 e. The van der Waals surface area contributed by atoms with Crippen LogP contribution in [-0.2, 0) is 19.2 Å². The highest BCUT2D eigenvalue weighted by atomic mass is 16.4. The summed E-state index contributed by atoms with van der Waals surface area (Å²) in [6.45, 7) is 4.49. The van der Waals surface area contributed by atoms with Gasteiger partial charge in [-0.3, -0.25) is 19.2 Å². The quantitative estimate of drug-likeness (QED) is 0.594. The molecule has 10 nitrogen and oxygen atoms in total. The number of nitrogens with one attached hydrogen (secondary N) is 1. The zero-order valence-corrected chi connectivity index (χ0v) is 15.2. The third-order valence-electron chi connectivity index (χ3n) is 4.55. The lowest BCUT2D eigenvalue weighted by Gasteiger charge is -2.30. The Morgan fingerprint density at radius 3 is 2.16 bits per heavy atom. The Hall–Kier alpha value is -2.65. The number of urea groups is 1. The maximum Gasteiger partial charge on any atom is 0.328 e. The van der Waals surface area contributed by atoms with Crippen molar-refractivity contribution in [2.75, 3.05) is 21.1 Å². The summed E-state index contributed by atoms with van der Waals surface area (Å²) in [4.78, 5) is 63.3. The summed E-state index contributed by atoms with van der Waals surface area (Å²) >= 11 is 0. The van der Waals surface area contributed by atoms with Crippen LogP contribution in [0.25, 0.3) is 0 Å². The second kappa shape index (κ2) is 7.08. The zero-order valence-electron chi connectivity index (χ0n) is 15.2. The Kier molecular flexibility index (Phi) is 5.77. The van der Waals surface area contributed by atoms with Crippen molar-refractivity contribution in [1.29, 1.82) is 0 Å². The molecule has 0 radical (unpaired) electrons. The molecule has 0 aromatic carbocycles. The molecular formula is C15H24N4O6. The van der Waals surface area contributed by atoms with Gasteiger partial charge in [0.25, 0.3) is 5.91 Å². The number of carboxylic acid groups (broad SMARTS) is 1. The summed E-state index contributed by atoms with van der Waals surface area (Å²) in [7, 11) is 4.05. The number of amides is 5. The molecule has 140 valence electrons. The Balaban J connectivity index is 3.08. The fourth-order valence-corrected chi connectivity index (χ4v) is 2.56. The third kappa shape index (κ3) is 3.57. The normalized spacial score (nSPS) is 18.8. The minimum Gasteiger partial charge on any atom is -0.481 e. The van der Waals surface area contributed by atoms with Crippen LogP contribution in [0.15, 0.2) is 0 Å². The van der Waals surface area contributed by atoms with Crippen molar-refractivity contribution in [2.24, 2.45) is 0 Å². The Bertz CT molecular complexity index is 617. The number of imide groups is 1. The number of nitrogens with zero attached hydrogens (tertiary/aromatic N) is 3. The number of likely N-dealkylation sites (N-methyl/N-ethyl adjacent to an activating group) is 3. The standard InChI is InChI=1S/C15H24N4O6/c1-8(19-13(24)15(2,3)18(6)14(19)25)12(23)17(5)9(7-10(20)21)11(22)16-4/h8-9H,7H2,1-6H3,(H,16,22)(H,20,21)/t8?,9-/m0/s1. The van der Waals surface area contributed by atoms with Gasteiger partial charge in [0.1, 0.15) is 17.6 Å². The van der Waals surface area contributed by atoms with Gasteiger partial charge in [-0.25, -0.2) is 9.69 Å². The van der Waals surface area contributed by atoms with E-state index in [0.717, 1.165) is 9.80 Å². The van der Waals surface area contributed by atoms with Gasteiger partial charge < -0.3 is 20.2 Å². The van der Waals surface area contributed by atoms with E-state index in [-0.39, 0.29) is 0 Å². The molecule has 0 aromatic heterocycles. The van der Waals surface area contributed by atoms with Crippen molar-refractivity contribution in [3.63, 3.8) is 0 Å². The van der Waals surface area contributed by atoms with Crippen LogP contribution < -0.4 is 5.32 Å². The second-order valence-corrected chi connectivity index (χ2v) is 6.43. The largest absolute Gasteiger partial charge is 0.481 e. The van der Waals surface area contributed by atoms with E-state index in [1.807, 2.05) is 0 Å². The molecule has 1 unspecified atom stereocenters. The first-order valence-corrected chi connectivity index (χ1v) is 7.69. The summed E-state index contributed by atoms with van der Waals surface area (Å²) < 4.78 is 0. The van der Waals surface area contributed by atoms with Gasteiger partial charge >= 0.3 is 12.0 Å². The molecule has 0 saturated carbocycles. The lowest BCUT2D eigenvalue weighted by molar-refractivity contribution is -0.149. The lowest BCUT2D eigenvalue weighted by Crippen LogP contribution is -2.55. The highest BCUT2D eigenvalue weighted by Gasteiger charge is 2.52. The Morgan fingerprint density at radius 1 is 1.28 bits per heavy atom. The maximum absolute atomic E-state index is 12.7. The molecule has 1 rings (SSSR count). The summed E-state index contributed by atoms with van der Waals surface area (Å²) in [5.41, 5.74) is -1.09. The number of carbonyl (C=O) groups is 5. The van der Waals surface area contributed by atoms with Crippen LogP contribution in [0.5, 0.6) is 0 Å². The van der Waals surface area contributed by atoms with Crippen LogP contribution >= 0.6 is 0 Å². The average Bonchev–Trinajstić information content (AvgIpc) is 2.70. The molecule has 0 bridgehead atoms. The van der Waals surface area contributed by atoms with Crippen LogP contribution in [0.3, 0.4) is 0 Å². The van der Waals surface area contributed by atoms with E-state index in [2.05, 4.69) is 5.32 Å². The van der Waals surface area contributed by atoms with E-state index in [1.165, 1.54) is 33.0 Å². The van der Waals surface area contributed by atoms with Crippen molar-refractivity contribution in [3.8, 4) is 0 Å². The van der Waals surface area contributed by atoms with E-state index in [4.69, 9.17) is 5.11 Å². The molecule has 1 saturated heterocycles. The highest BCUT2D eigenvalue weighted by molar-refractivity contribution is 6.09. The molecule has 1 fully saturated rings. The predicted octanol–water partition coefficient (Wildman–Crippen LogP) is -0.905. The SMILES string of the molecule is CNC(=O)[C@H](CC(=O)O)N(C)C(=O)C(C)N1C(=O)N(C)C(C)(C)C1=O. The second-order valence-electron chi connectivity index (χ2n) is 6.43. The van der Waals surface area contributed by atoms with Gasteiger partial charge in [0.05, 0.1) is 6.42 Å². The minimum absolute atomic E-state index is 0.538. The van der Waals surface area contributed by atoms with Gasteiger partial charge in [-0.2, -0.15) is 0 Å². The fraction of sp³-hybridized carbons (Fsp3) is 0.667. The molecule has 25 heavy (non-hydrogen) atoms. The molecule has 5 amide bonds. The van der Waals surface area contributed by atoms with Crippen LogP contribution in [0.1, 0.15) is 27.2 Å². The monoisotopic (exact) mass is 356 g/mol. The zero-order chi connectivity index (χ0) is 19.7. The number of carboxylic acids is 1. The minimum atomic E-state index is -1.25. The molecule has 1 heterocycles. The number of hydrogen-bond donors (Lipinski definition) is 2. The van der Waals surface area contributed by atoms with E-state index in [9.17, 15) is 24.0 Å². The number of hydrogen-bond acceptors (Lipinski definition) is 5. The first kappa shape index (κ1) is 20.4. The molecule has 10 heteroatoms. The summed E-state index contributed by atoms with van der Waals surface area (Å²) in [5.74, 6) is -3.15. The van der Waals surface area contributed by atoms with Crippen LogP contribution in [0.2, 0.25) is 0 Å². The first-order valence-electron chi connectivity index (χ1n) is 7.69. The van der Waals surface area contributed by atoms with Gasteiger partial charge in [0.2, 0.25) is 11.8 Å². The Morgan fingerprint density at radius 2 is 1.80 bits per heavy atom. The van der Waals surface area contributed by atoms with E-state index >= 15 is 0 Å². The van der Waals surface area contributed by atoms with Gasteiger partial charge in [0.15, 0.2) is 0 Å². The highest BCUT2D eigenvalue weighted by Crippen LogP contribution is 2.28. The number of carbonyl (C=O) groups excluding carboxylic acids is 4. The molecule has 1 aliphatic heterocycles. The van der Waals surface area contributed by atoms with Crippen LogP contribution in [0, 0.1) is 0 Å². The van der Waals surface area contributed by atoms with Gasteiger partial charge in [-0.05, 0) is 20.8 Å². The number of rotatable bonds is 6. The topological polar surface area (TPSA) is 127 Å². The van der Waals surface area contributed by atoms with Crippen LogP contribution in [0.4, 0.5) is 4.79 Å². The fourth-order valence-electron chi connectivity index (χ4n) is 2.56. The molecule has 2 atom stereocenters. The third-order valence-corrected chi connectivity index (χ3v) is 4.55. The average molecular weight is 356 g/mol. The van der Waals surface area contributed by atoms with Crippen molar-refractivity contribution >= 4 is 29.7 Å². The van der Waals surface area contributed by atoms with E-state index in [1.54, 1.807) is 13.8 Å². The maximum atomic E-state index is 12.7. The van der Waals surface area contributed by atoms with Crippen molar-refractivity contribution in [3.05, 3.63) is 0 Å². The first-order chi connectivity index (χ1) is 11.4. The number of aliphatic carboxylic acids is 1. The van der Waals surface area contributed by atoms with Crippen molar-refractivity contribution in [2.45, 2.75) is 44.8 Å². The Labute approximate surface area is 145 Å². The summed E-state index contributed by atoms with van der Waals surface area (Å²) in [5, 5.41) is 11.3. The van der Waals surface area contributed by atoms with Gasteiger partial charge in [-0.1, -0.05) is 0 Å². The summed E-state index contributed by atoms with van der Waals surface area (Å²) in [6.07, 6.45) is -0.595. The van der Waals surface area contributed by atoms with Gasteiger partial charge in [0, 0.05) is 21.1 Å². The van der Waals surface area contributed by atoms with E-state index < -0.39 is 53.8 Å². The molecular weight excluding hydrogens is 332 g/mol. The van der Waals surface area contributed by atoms with Crippen molar-refractivity contribution < 1.29 is 29.1 Å². The summed E-state index contributed by atoms with van der Waals surface area (Å²) in [6, 6.07) is -3.05. The van der Waals surface area contributed by atoms with E-state index in [0.29, 0.717) is 0 Å².